The monoisotopic (exact) mass is 356 g/mol. The number of hydrogen-bond acceptors (Lipinski definition) is 5. The lowest BCUT2D eigenvalue weighted by Gasteiger charge is -2.23. The van der Waals surface area contributed by atoms with Gasteiger partial charge in [-0.05, 0) is 24.6 Å². The van der Waals surface area contributed by atoms with Gasteiger partial charge in [0.15, 0.2) is 5.69 Å². The van der Waals surface area contributed by atoms with Crippen LogP contribution in [0.3, 0.4) is 0 Å². The lowest BCUT2D eigenvalue weighted by Crippen LogP contribution is -2.31. The molecular weight excluding hydrogens is 336 g/mol. The zero-order valence-corrected chi connectivity index (χ0v) is 15.1. The molecule has 4 heterocycles. The number of thiophene rings is 1. The van der Waals surface area contributed by atoms with Gasteiger partial charge in [0, 0.05) is 37.8 Å². The minimum Gasteiger partial charge on any atom is -0.334 e. The smallest absolute Gasteiger partial charge is 0.274 e. The molecule has 0 fully saturated rings. The SMILES string of the molecule is CN1CCc2[nH]nc(C(=O)N(C)Cc3cc(-c4cccs4)n[nH]3)c2C1. The van der Waals surface area contributed by atoms with Gasteiger partial charge in [0.05, 0.1) is 17.1 Å². The first-order valence-electron chi connectivity index (χ1n) is 8.20. The van der Waals surface area contributed by atoms with Gasteiger partial charge in [-0.25, -0.2) is 0 Å². The number of H-pyrrole nitrogens is 2. The maximum Gasteiger partial charge on any atom is 0.274 e. The Kier molecular flexibility index (Phi) is 4.14. The number of hydrogen-bond donors (Lipinski definition) is 2. The molecule has 3 aromatic rings. The molecule has 8 heteroatoms. The van der Waals surface area contributed by atoms with Crippen molar-refractivity contribution < 1.29 is 4.79 Å². The molecule has 0 unspecified atom stereocenters. The van der Waals surface area contributed by atoms with Crippen molar-refractivity contribution in [3.8, 4) is 10.6 Å². The molecule has 0 bridgehead atoms. The van der Waals surface area contributed by atoms with E-state index in [9.17, 15) is 4.79 Å². The molecule has 130 valence electrons. The van der Waals surface area contributed by atoms with E-state index in [0.717, 1.165) is 47.0 Å². The van der Waals surface area contributed by atoms with Gasteiger partial charge in [-0.1, -0.05) is 6.07 Å². The van der Waals surface area contributed by atoms with Crippen molar-refractivity contribution >= 4 is 17.2 Å². The first kappa shape index (κ1) is 16.0. The van der Waals surface area contributed by atoms with Crippen molar-refractivity contribution in [2.75, 3.05) is 20.6 Å². The Balaban J connectivity index is 1.49. The van der Waals surface area contributed by atoms with Gasteiger partial charge in [-0.15, -0.1) is 11.3 Å². The topological polar surface area (TPSA) is 80.9 Å². The van der Waals surface area contributed by atoms with Gasteiger partial charge in [-0.2, -0.15) is 10.2 Å². The Morgan fingerprint density at radius 2 is 2.28 bits per heavy atom. The highest BCUT2D eigenvalue weighted by Gasteiger charge is 2.26. The molecule has 0 radical (unpaired) electrons. The second kappa shape index (κ2) is 6.45. The van der Waals surface area contributed by atoms with Crippen LogP contribution in [-0.4, -0.2) is 56.7 Å². The average Bonchev–Trinajstić information content (AvgIpc) is 3.33. The summed E-state index contributed by atoms with van der Waals surface area (Å²) in [4.78, 5) is 17.8. The summed E-state index contributed by atoms with van der Waals surface area (Å²) < 4.78 is 0. The molecule has 0 spiro atoms. The Morgan fingerprint density at radius 3 is 3.08 bits per heavy atom. The van der Waals surface area contributed by atoms with Crippen LogP contribution < -0.4 is 0 Å². The third-order valence-corrected chi connectivity index (χ3v) is 5.38. The van der Waals surface area contributed by atoms with E-state index in [-0.39, 0.29) is 5.91 Å². The highest BCUT2D eigenvalue weighted by Crippen LogP contribution is 2.24. The molecule has 2 N–H and O–H groups in total. The summed E-state index contributed by atoms with van der Waals surface area (Å²) in [6, 6.07) is 6.02. The Bertz CT molecular complexity index is 881. The van der Waals surface area contributed by atoms with Gasteiger partial charge in [0.1, 0.15) is 5.69 Å². The molecule has 1 aliphatic rings. The minimum absolute atomic E-state index is 0.0694. The van der Waals surface area contributed by atoms with Crippen LogP contribution in [0.1, 0.15) is 27.4 Å². The zero-order valence-electron chi connectivity index (χ0n) is 14.2. The van der Waals surface area contributed by atoms with Crippen molar-refractivity contribution in [1.82, 2.24) is 30.2 Å². The third-order valence-electron chi connectivity index (χ3n) is 4.49. The predicted molar refractivity (Wildman–Crippen MR) is 96.3 cm³/mol. The number of aromatic amines is 2. The third kappa shape index (κ3) is 3.10. The molecule has 1 amide bonds. The summed E-state index contributed by atoms with van der Waals surface area (Å²) in [6.45, 7) is 2.21. The van der Waals surface area contributed by atoms with E-state index in [4.69, 9.17) is 0 Å². The number of rotatable bonds is 4. The number of aromatic nitrogens is 4. The summed E-state index contributed by atoms with van der Waals surface area (Å²) in [5.74, 6) is -0.0694. The number of nitrogens with one attached hydrogen (secondary N) is 2. The van der Waals surface area contributed by atoms with Crippen LogP contribution >= 0.6 is 11.3 Å². The van der Waals surface area contributed by atoms with Crippen molar-refractivity contribution in [3.05, 3.63) is 46.2 Å². The Morgan fingerprint density at radius 1 is 1.40 bits per heavy atom. The molecule has 0 saturated heterocycles. The van der Waals surface area contributed by atoms with Gasteiger partial charge in [0.2, 0.25) is 0 Å². The number of carbonyl (C=O) groups is 1. The molecule has 0 atom stereocenters. The second-order valence-electron chi connectivity index (χ2n) is 6.43. The van der Waals surface area contributed by atoms with Crippen molar-refractivity contribution in [2.24, 2.45) is 0 Å². The van der Waals surface area contributed by atoms with Crippen LogP contribution in [0.15, 0.2) is 23.6 Å². The summed E-state index contributed by atoms with van der Waals surface area (Å²) in [6.07, 6.45) is 0.903. The minimum atomic E-state index is -0.0694. The van der Waals surface area contributed by atoms with E-state index < -0.39 is 0 Å². The standard InChI is InChI=1S/C17H20N6OS/c1-22-6-5-13-12(10-22)16(21-19-13)17(24)23(2)9-11-8-14(20-18-11)15-4-3-7-25-15/h3-4,7-8H,5-6,9-10H2,1-2H3,(H,18,20)(H,19,21). The summed E-state index contributed by atoms with van der Waals surface area (Å²) in [5.41, 5.74) is 4.44. The number of carbonyl (C=O) groups excluding carboxylic acids is 1. The second-order valence-corrected chi connectivity index (χ2v) is 7.38. The fraction of sp³-hybridized carbons (Fsp3) is 0.353. The van der Waals surface area contributed by atoms with Gasteiger partial charge < -0.3 is 9.80 Å². The number of likely N-dealkylation sites (N-methyl/N-ethyl adjacent to an activating group) is 1. The Labute approximate surface area is 149 Å². The highest BCUT2D eigenvalue weighted by molar-refractivity contribution is 7.13. The fourth-order valence-electron chi connectivity index (χ4n) is 3.11. The van der Waals surface area contributed by atoms with Crippen molar-refractivity contribution in [2.45, 2.75) is 19.5 Å². The average molecular weight is 356 g/mol. The molecule has 3 aromatic heterocycles. The summed E-state index contributed by atoms with van der Waals surface area (Å²) >= 11 is 1.65. The van der Waals surface area contributed by atoms with Gasteiger partial charge in [0.25, 0.3) is 5.91 Å². The maximum absolute atomic E-state index is 12.8. The molecular formula is C17H20N6OS. The van der Waals surface area contributed by atoms with E-state index in [2.05, 4.69) is 32.3 Å². The number of nitrogens with zero attached hydrogens (tertiary/aromatic N) is 4. The van der Waals surface area contributed by atoms with Crippen LogP contribution in [0, 0.1) is 0 Å². The van der Waals surface area contributed by atoms with Crippen LogP contribution in [0.25, 0.3) is 10.6 Å². The first-order valence-corrected chi connectivity index (χ1v) is 9.08. The lowest BCUT2D eigenvalue weighted by atomic mass is 10.1. The number of amides is 1. The maximum atomic E-state index is 12.8. The zero-order chi connectivity index (χ0) is 17.4. The summed E-state index contributed by atoms with van der Waals surface area (Å²) in [5, 5.41) is 16.7. The van der Waals surface area contributed by atoms with Gasteiger partial charge >= 0.3 is 0 Å². The molecule has 1 aliphatic heterocycles. The van der Waals surface area contributed by atoms with E-state index in [1.807, 2.05) is 23.6 Å². The van der Waals surface area contributed by atoms with E-state index in [0.29, 0.717) is 12.2 Å². The van der Waals surface area contributed by atoms with E-state index >= 15 is 0 Å². The van der Waals surface area contributed by atoms with Crippen molar-refractivity contribution in [3.63, 3.8) is 0 Å². The van der Waals surface area contributed by atoms with E-state index in [1.165, 1.54) is 0 Å². The van der Waals surface area contributed by atoms with E-state index in [1.54, 1.807) is 23.3 Å². The van der Waals surface area contributed by atoms with Crippen LogP contribution in [0.4, 0.5) is 0 Å². The lowest BCUT2D eigenvalue weighted by molar-refractivity contribution is 0.0775. The summed E-state index contributed by atoms with van der Waals surface area (Å²) in [7, 11) is 3.85. The highest BCUT2D eigenvalue weighted by atomic mass is 32.1. The largest absolute Gasteiger partial charge is 0.334 e. The molecule has 0 aromatic carbocycles. The van der Waals surface area contributed by atoms with Crippen LogP contribution in [0.2, 0.25) is 0 Å². The molecule has 7 nitrogen and oxygen atoms in total. The molecule has 0 saturated carbocycles. The molecule has 0 aliphatic carbocycles. The van der Waals surface area contributed by atoms with Gasteiger partial charge in [-0.3, -0.25) is 15.0 Å². The van der Waals surface area contributed by atoms with Crippen molar-refractivity contribution in [1.29, 1.82) is 0 Å². The fourth-order valence-corrected chi connectivity index (χ4v) is 3.79. The molecule has 25 heavy (non-hydrogen) atoms. The first-order chi connectivity index (χ1) is 12.1. The quantitative estimate of drug-likeness (QED) is 0.750. The van der Waals surface area contributed by atoms with Crippen LogP contribution in [-0.2, 0) is 19.5 Å². The Hall–Kier alpha value is -2.45. The van der Waals surface area contributed by atoms with Crippen LogP contribution in [0.5, 0.6) is 0 Å². The number of fused-ring (bicyclic) bond motifs is 1. The normalized spacial score (nSPS) is 14.5. The molecule has 4 rings (SSSR count). The predicted octanol–water partition coefficient (Wildman–Crippen LogP) is 2.12.